The summed E-state index contributed by atoms with van der Waals surface area (Å²) in [5.41, 5.74) is 8.88. The molecule has 0 spiro atoms. The van der Waals surface area contributed by atoms with Gasteiger partial charge in [-0.3, -0.25) is 0 Å². The van der Waals surface area contributed by atoms with Gasteiger partial charge in [0.05, 0.1) is 24.2 Å². The Morgan fingerprint density at radius 1 is 0.512 bits per heavy atom. The van der Waals surface area contributed by atoms with Gasteiger partial charge in [0.1, 0.15) is 11.2 Å². The molecule has 198 valence electrons. The van der Waals surface area contributed by atoms with Gasteiger partial charge < -0.3 is 13.4 Å². The fourth-order valence-electron chi connectivity index (χ4n) is 6.57. The summed E-state index contributed by atoms with van der Waals surface area (Å²) in [4.78, 5) is 7.63. The molecule has 0 fully saturated rings. The maximum absolute atomic E-state index is 8.09. The van der Waals surface area contributed by atoms with E-state index in [-0.39, 0.29) is 0 Å². The first kappa shape index (κ1) is 23.4. The number of aromatic nitrogens is 1. The summed E-state index contributed by atoms with van der Waals surface area (Å²) < 4.78 is 14.9. The molecule has 0 aliphatic carbocycles. The smallest absolute Gasteiger partial charge is 0.196 e. The number of fused-ring (bicyclic) bond motifs is 10. The van der Waals surface area contributed by atoms with Gasteiger partial charge in [-0.2, -0.15) is 0 Å². The molecule has 0 aliphatic heterocycles. The summed E-state index contributed by atoms with van der Waals surface area (Å²) in [5.74, 6) is 0. The van der Waals surface area contributed by atoms with Gasteiger partial charge in [-0.25, -0.2) is 9.69 Å². The van der Waals surface area contributed by atoms with Crippen LogP contribution < -0.4 is 0 Å². The Morgan fingerprint density at radius 3 is 2.05 bits per heavy atom. The van der Waals surface area contributed by atoms with Crippen LogP contribution in [0.1, 0.15) is 0 Å². The molecule has 6 aromatic carbocycles. The lowest BCUT2D eigenvalue weighted by Gasteiger charge is -2.16. The fourth-order valence-corrected chi connectivity index (χ4v) is 6.57. The van der Waals surface area contributed by atoms with Crippen LogP contribution in [0.25, 0.3) is 92.2 Å². The van der Waals surface area contributed by atoms with Crippen molar-refractivity contribution in [2.24, 2.45) is 0 Å². The van der Waals surface area contributed by atoms with Crippen molar-refractivity contribution in [3.8, 4) is 16.8 Å². The molecule has 0 aliphatic rings. The molecular formula is C38H19N3O2. The number of hydrogen-bond acceptors (Lipinski definition) is 2. The Bertz CT molecular complexity index is 2710. The quantitative estimate of drug-likeness (QED) is 0.201. The molecule has 0 atom stereocenters. The lowest BCUT2D eigenvalue weighted by Crippen LogP contribution is -1.97. The molecule has 0 amide bonds. The normalized spacial score (nSPS) is 11.7. The molecule has 9 aromatic rings. The van der Waals surface area contributed by atoms with E-state index in [1.807, 2.05) is 72.8 Å². The molecule has 0 saturated heterocycles. The molecule has 5 nitrogen and oxygen atoms in total. The first-order chi connectivity index (χ1) is 21.2. The third-order valence-corrected chi connectivity index (χ3v) is 8.44. The van der Waals surface area contributed by atoms with E-state index in [2.05, 4.69) is 56.7 Å². The zero-order valence-corrected chi connectivity index (χ0v) is 22.6. The van der Waals surface area contributed by atoms with E-state index in [0.717, 1.165) is 82.5 Å². The van der Waals surface area contributed by atoms with Crippen LogP contribution in [0.5, 0.6) is 0 Å². The van der Waals surface area contributed by atoms with E-state index in [9.17, 15) is 0 Å². The molecule has 0 saturated carbocycles. The molecule has 9 rings (SSSR count). The van der Waals surface area contributed by atoms with Gasteiger partial charge in [0.2, 0.25) is 0 Å². The van der Waals surface area contributed by atoms with Gasteiger partial charge in [0.25, 0.3) is 0 Å². The third kappa shape index (κ3) is 3.19. The molecule has 0 bridgehead atoms. The van der Waals surface area contributed by atoms with Gasteiger partial charge >= 0.3 is 0 Å². The van der Waals surface area contributed by atoms with Crippen molar-refractivity contribution >= 4 is 77.1 Å². The summed E-state index contributed by atoms with van der Waals surface area (Å²) in [5, 5.41) is 6.09. The number of hydrogen-bond donors (Lipinski definition) is 0. The molecule has 43 heavy (non-hydrogen) atoms. The Kier molecular flexibility index (Phi) is 4.68. The van der Waals surface area contributed by atoms with Gasteiger partial charge in [-0.15, -0.1) is 0 Å². The van der Waals surface area contributed by atoms with Crippen molar-refractivity contribution in [2.75, 3.05) is 0 Å². The SMILES string of the molecule is [C-]#[N+]c1ccc2c(c1)c1ccccc1n2-c1cccc([N+]#[C-])c1-c1ccc2oc3c(ccc4c5ccccc5oc43)c2c1. The van der Waals surface area contributed by atoms with Gasteiger partial charge in [-0.05, 0) is 65.5 Å². The summed E-state index contributed by atoms with van der Waals surface area (Å²) >= 11 is 0. The average molecular weight is 550 g/mol. The Balaban J connectivity index is 1.34. The maximum atomic E-state index is 8.09. The Morgan fingerprint density at radius 2 is 1.23 bits per heavy atom. The second kappa shape index (κ2) is 8.60. The summed E-state index contributed by atoms with van der Waals surface area (Å²) in [7, 11) is 0. The van der Waals surface area contributed by atoms with Gasteiger partial charge in [0, 0.05) is 38.2 Å². The Labute approximate surface area is 245 Å². The van der Waals surface area contributed by atoms with Crippen molar-refractivity contribution in [1.82, 2.24) is 4.57 Å². The highest BCUT2D eigenvalue weighted by molar-refractivity contribution is 6.19. The van der Waals surface area contributed by atoms with E-state index in [1.165, 1.54) is 0 Å². The van der Waals surface area contributed by atoms with E-state index in [4.69, 9.17) is 22.0 Å². The van der Waals surface area contributed by atoms with E-state index in [1.54, 1.807) is 0 Å². The monoisotopic (exact) mass is 549 g/mol. The van der Waals surface area contributed by atoms with E-state index >= 15 is 0 Å². The van der Waals surface area contributed by atoms with Crippen LogP contribution in [-0.4, -0.2) is 4.57 Å². The number of rotatable bonds is 2. The van der Waals surface area contributed by atoms with Gasteiger partial charge in [0.15, 0.2) is 22.5 Å². The van der Waals surface area contributed by atoms with Crippen LogP contribution in [0, 0.1) is 13.1 Å². The van der Waals surface area contributed by atoms with Crippen LogP contribution in [0.4, 0.5) is 11.4 Å². The zero-order valence-electron chi connectivity index (χ0n) is 22.6. The summed E-state index contributed by atoms with van der Waals surface area (Å²) in [6.45, 7) is 15.6. The van der Waals surface area contributed by atoms with Crippen LogP contribution >= 0.6 is 0 Å². The Hall–Kier alpha value is -6.30. The molecular weight excluding hydrogens is 530 g/mol. The zero-order chi connectivity index (χ0) is 28.7. The molecule has 0 unspecified atom stereocenters. The minimum absolute atomic E-state index is 0.563. The minimum atomic E-state index is 0.563. The van der Waals surface area contributed by atoms with Crippen molar-refractivity contribution in [3.05, 3.63) is 138 Å². The first-order valence-corrected chi connectivity index (χ1v) is 13.9. The first-order valence-electron chi connectivity index (χ1n) is 13.9. The maximum Gasteiger partial charge on any atom is 0.196 e. The molecule has 3 heterocycles. The highest BCUT2D eigenvalue weighted by atomic mass is 16.4. The van der Waals surface area contributed by atoms with Crippen molar-refractivity contribution < 1.29 is 8.83 Å². The van der Waals surface area contributed by atoms with Crippen molar-refractivity contribution in [1.29, 1.82) is 0 Å². The van der Waals surface area contributed by atoms with Crippen LogP contribution in [0.3, 0.4) is 0 Å². The van der Waals surface area contributed by atoms with Crippen LogP contribution in [0.15, 0.2) is 124 Å². The third-order valence-electron chi connectivity index (χ3n) is 8.44. The standard InChI is InChI=1S/C38H19N3O2/c1-39-23-15-18-32-28(21-23)24-8-3-5-11-31(24)41(32)33-12-7-10-30(40-2)36(33)22-14-19-35-29(20-22)27-17-16-26-25-9-4-6-13-34(25)42-37(26)38(27)43-35/h3-21H. The van der Waals surface area contributed by atoms with Crippen LogP contribution in [0.2, 0.25) is 0 Å². The predicted molar refractivity (Wildman–Crippen MR) is 173 cm³/mol. The highest BCUT2D eigenvalue weighted by Crippen LogP contribution is 2.44. The van der Waals surface area contributed by atoms with E-state index in [0.29, 0.717) is 11.4 Å². The second-order valence-corrected chi connectivity index (χ2v) is 10.7. The van der Waals surface area contributed by atoms with E-state index < -0.39 is 0 Å². The minimum Gasteiger partial charge on any atom is -0.452 e. The summed E-state index contributed by atoms with van der Waals surface area (Å²) in [6.07, 6.45) is 0. The summed E-state index contributed by atoms with van der Waals surface area (Å²) in [6, 6.07) is 38.2. The number of para-hydroxylation sites is 2. The number of furan rings is 2. The lowest BCUT2D eigenvalue weighted by molar-refractivity contribution is 0.633. The van der Waals surface area contributed by atoms with Crippen molar-refractivity contribution in [2.45, 2.75) is 0 Å². The second-order valence-electron chi connectivity index (χ2n) is 10.7. The van der Waals surface area contributed by atoms with Crippen molar-refractivity contribution in [3.63, 3.8) is 0 Å². The molecule has 0 radical (unpaired) electrons. The molecule has 3 aromatic heterocycles. The van der Waals surface area contributed by atoms with Crippen LogP contribution in [-0.2, 0) is 0 Å². The number of nitrogens with zero attached hydrogens (tertiary/aromatic N) is 3. The van der Waals surface area contributed by atoms with Gasteiger partial charge in [-0.1, -0.05) is 60.7 Å². The average Bonchev–Trinajstić information content (AvgIpc) is 3.73. The lowest BCUT2D eigenvalue weighted by atomic mass is 9.98. The highest BCUT2D eigenvalue weighted by Gasteiger charge is 2.20. The predicted octanol–water partition coefficient (Wildman–Crippen LogP) is 11.4. The number of benzene rings is 6. The topological polar surface area (TPSA) is 39.9 Å². The molecule has 0 N–H and O–H groups in total. The largest absolute Gasteiger partial charge is 0.452 e. The molecule has 5 heteroatoms. The fraction of sp³-hybridized carbons (Fsp3) is 0.